The monoisotopic (exact) mass is 209 g/mol. The molecule has 1 atom stereocenters. The van der Waals surface area contributed by atoms with Gasteiger partial charge in [0.2, 0.25) is 5.75 Å². The molecule has 1 aliphatic rings. The lowest BCUT2D eigenvalue weighted by Gasteiger charge is -2.14. The van der Waals surface area contributed by atoms with Crippen molar-refractivity contribution >= 4 is 5.82 Å². The van der Waals surface area contributed by atoms with Gasteiger partial charge in [-0.2, -0.15) is 0 Å². The summed E-state index contributed by atoms with van der Waals surface area (Å²) in [6, 6.07) is 0.341. The third kappa shape index (κ3) is 2.11. The summed E-state index contributed by atoms with van der Waals surface area (Å²) in [6.07, 6.45) is 3.88. The van der Waals surface area contributed by atoms with E-state index in [1.807, 2.05) is 0 Å². The van der Waals surface area contributed by atoms with Crippen molar-refractivity contribution in [3.63, 3.8) is 0 Å². The number of methoxy groups -OCH3 is 1. The highest BCUT2D eigenvalue weighted by atomic mass is 16.5. The third-order valence-corrected chi connectivity index (χ3v) is 2.71. The van der Waals surface area contributed by atoms with E-state index in [4.69, 9.17) is 4.74 Å². The first-order valence-electron chi connectivity index (χ1n) is 5.10. The molecule has 1 saturated carbocycles. The second-order valence-corrected chi connectivity index (χ2v) is 3.88. The van der Waals surface area contributed by atoms with Crippen LogP contribution in [0, 0.1) is 5.92 Å². The number of ether oxygens (including phenoxy) is 1. The molecule has 1 fully saturated rings. The number of nitrogens with zero attached hydrogens (tertiary/aromatic N) is 1. The summed E-state index contributed by atoms with van der Waals surface area (Å²) in [7, 11) is 1.47. The Morgan fingerprint density at radius 1 is 1.67 bits per heavy atom. The van der Waals surface area contributed by atoms with Crippen LogP contribution in [0.4, 0.5) is 5.82 Å². The van der Waals surface area contributed by atoms with Crippen molar-refractivity contribution in [1.29, 1.82) is 0 Å². The molecule has 5 heteroatoms. The third-order valence-electron chi connectivity index (χ3n) is 2.71. The van der Waals surface area contributed by atoms with Gasteiger partial charge in [0.05, 0.1) is 13.4 Å². The van der Waals surface area contributed by atoms with Crippen LogP contribution in [0.1, 0.15) is 19.8 Å². The molecule has 0 aliphatic heterocycles. The van der Waals surface area contributed by atoms with Crippen LogP contribution < -0.4 is 15.6 Å². The first-order chi connectivity index (χ1) is 7.22. The standard InChI is InChI=1S/C10H15N3O2/c1-6(7-3-4-7)13-9-8(15-2)10(14)12-5-11-9/h5-7H,3-4H2,1-2H3,(H2,11,12,13,14). The molecule has 82 valence electrons. The Kier molecular flexibility index (Phi) is 2.62. The van der Waals surface area contributed by atoms with Gasteiger partial charge in [-0.1, -0.05) is 0 Å². The SMILES string of the molecule is COc1c(NC(C)C2CC2)nc[nH]c1=O. The first kappa shape index (κ1) is 10.0. The van der Waals surface area contributed by atoms with Crippen LogP contribution in [0.25, 0.3) is 0 Å². The van der Waals surface area contributed by atoms with Crippen LogP contribution in [0.15, 0.2) is 11.1 Å². The molecule has 0 saturated heterocycles. The Hall–Kier alpha value is -1.52. The molecule has 1 unspecified atom stereocenters. The van der Waals surface area contributed by atoms with Crippen molar-refractivity contribution in [2.24, 2.45) is 5.92 Å². The van der Waals surface area contributed by atoms with Gasteiger partial charge in [0, 0.05) is 6.04 Å². The van der Waals surface area contributed by atoms with E-state index in [-0.39, 0.29) is 11.3 Å². The van der Waals surface area contributed by atoms with Crippen LogP contribution in [0.2, 0.25) is 0 Å². The Morgan fingerprint density at radius 3 is 3.00 bits per heavy atom. The van der Waals surface area contributed by atoms with Gasteiger partial charge >= 0.3 is 0 Å². The van der Waals surface area contributed by atoms with E-state index in [9.17, 15) is 4.79 Å². The number of nitrogens with one attached hydrogen (secondary N) is 2. The molecular formula is C10H15N3O2. The molecule has 0 aromatic carbocycles. The number of anilines is 1. The minimum absolute atomic E-state index is 0.252. The van der Waals surface area contributed by atoms with E-state index in [0.717, 1.165) is 0 Å². The Balaban J connectivity index is 2.19. The molecule has 2 N–H and O–H groups in total. The van der Waals surface area contributed by atoms with Gasteiger partial charge in [-0.3, -0.25) is 4.79 Å². The maximum Gasteiger partial charge on any atom is 0.295 e. The topological polar surface area (TPSA) is 67.0 Å². The molecule has 0 bridgehead atoms. The zero-order chi connectivity index (χ0) is 10.8. The molecule has 15 heavy (non-hydrogen) atoms. The molecule has 0 amide bonds. The predicted molar refractivity (Wildman–Crippen MR) is 57.2 cm³/mol. The summed E-state index contributed by atoms with van der Waals surface area (Å²) < 4.78 is 5.01. The van der Waals surface area contributed by atoms with Gasteiger partial charge in [0.1, 0.15) is 0 Å². The summed E-state index contributed by atoms with van der Waals surface area (Å²) in [6.45, 7) is 2.10. The van der Waals surface area contributed by atoms with Crippen molar-refractivity contribution in [3.8, 4) is 5.75 Å². The van der Waals surface area contributed by atoms with Crippen molar-refractivity contribution in [1.82, 2.24) is 9.97 Å². The highest BCUT2D eigenvalue weighted by Gasteiger charge is 2.28. The summed E-state index contributed by atoms with van der Waals surface area (Å²) in [5.74, 6) is 1.49. The number of aromatic nitrogens is 2. The molecule has 0 spiro atoms. The van der Waals surface area contributed by atoms with Gasteiger partial charge in [-0.15, -0.1) is 0 Å². The Labute approximate surface area is 87.9 Å². The quantitative estimate of drug-likeness (QED) is 0.776. The van der Waals surface area contributed by atoms with Gasteiger partial charge < -0.3 is 15.0 Å². The average molecular weight is 209 g/mol. The second kappa shape index (κ2) is 3.92. The van der Waals surface area contributed by atoms with E-state index in [1.54, 1.807) is 0 Å². The fraction of sp³-hybridized carbons (Fsp3) is 0.600. The van der Waals surface area contributed by atoms with Crippen molar-refractivity contribution < 1.29 is 4.74 Å². The Bertz CT molecular complexity index is 398. The lowest BCUT2D eigenvalue weighted by atomic mass is 10.2. The minimum Gasteiger partial charge on any atom is -0.489 e. The highest BCUT2D eigenvalue weighted by Crippen LogP contribution is 2.34. The maximum atomic E-state index is 11.4. The van der Waals surface area contributed by atoms with Crippen molar-refractivity contribution in [3.05, 3.63) is 16.7 Å². The largest absolute Gasteiger partial charge is 0.489 e. The van der Waals surface area contributed by atoms with Crippen LogP contribution in [-0.2, 0) is 0 Å². The summed E-state index contributed by atoms with van der Waals surface area (Å²) in [4.78, 5) is 17.9. The zero-order valence-electron chi connectivity index (χ0n) is 8.91. The normalized spacial score (nSPS) is 17.2. The van der Waals surface area contributed by atoms with Crippen molar-refractivity contribution in [2.75, 3.05) is 12.4 Å². The molecule has 0 radical (unpaired) electrons. The summed E-state index contributed by atoms with van der Waals surface area (Å²) in [5.41, 5.74) is -0.252. The molecular weight excluding hydrogens is 194 g/mol. The summed E-state index contributed by atoms with van der Waals surface area (Å²) in [5, 5.41) is 3.21. The maximum absolute atomic E-state index is 11.4. The van der Waals surface area contributed by atoms with Crippen LogP contribution in [0.3, 0.4) is 0 Å². The van der Waals surface area contributed by atoms with E-state index >= 15 is 0 Å². The number of rotatable bonds is 4. The van der Waals surface area contributed by atoms with Gasteiger partial charge in [-0.25, -0.2) is 4.98 Å². The predicted octanol–water partition coefficient (Wildman–Crippen LogP) is 0.989. The number of hydrogen-bond donors (Lipinski definition) is 2. The van der Waals surface area contributed by atoms with E-state index in [2.05, 4.69) is 22.2 Å². The fourth-order valence-corrected chi connectivity index (χ4v) is 1.61. The zero-order valence-corrected chi connectivity index (χ0v) is 8.91. The lowest BCUT2D eigenvalue weighted by molar-refractivity contribution is 0.407. The van der Waals surface area contributed by atoms with Gasteiger partial charge in [0.15, 0.2) is 5.82 Å². The number of hydrogen-bond acceptors (Lipinski definition) is 4. The highest BCUT2D eigenvalue weighted by molar-refractivity contribution is 5.48. The smallest absolute Gasteiger partial charge is 0.295 e. The number of H-pyrrole nitrogens is 1. The molecule has 1 aromatic heterocycles. The Morgan fingerprint density at radius 2 is 2.40 bits per heavy atom. The van der Waals surface area contributed by atoms with E-state index < -0.39 is 0 Å². The molecule has 5 nitrogen and oxygen atoms in total. The minimum atomic E-state index is -0.252. The van der Waals surface area contributed by atoms with E-state index in [0.29, 0.717) is 17.8 Å². The second-order valence-electron chi connectivity index (χ2n) is 3.88. The van der Waals surface area contributed by atoms with Gasteiger partial charge in [0.25, 0.3) is 5.56 Å². The van der Waals surface area contributed by atoms with Crippen molar-refractivity contribution in [2.45, 2.75) is 25.8 Å². The average Bonchev–Trinajstić information content (AvgIpc) is 3.01. The van der Waals surface area contributed by atoms with Crippen LogP contribution in [0.5, 0.6) is 5.75 Å². The molecule has 1 heterocycles. The molecule has 1 aliphatic carbocycles. The fourth-order valence-electron chi connectivity index (χ4n) is 1.61. The van der Waals surface area contributed by atoms with Gasteiger partial charge in [-0.05, 0) is 25.7 Å². The van der Waals surface area contributed by atoms with Crippen LogP contribution >= 0.6 is 0 Å². The lowest BCUT2D eigenvalue weighted by Crippen LogP contribution is -2.21. The number of aromatic amines is 1. The van der Waals surface area contributed by atoms with Crippen LogP contribution in [-0.4, -0.2) is 23.1 Å². The van der Waals surface area contributed by atoms with E-state index in [1.165, 1.54) is 26.3 Å². The summed E-state index contributed by atoms with van der Waals surface area (Å²) >= 11 is 0. The molecule has 2 rings (SSSR count). The first-order valence-corrected chi connectivity index (χ1v) is 5.10. The molecule has 1 aromatic rings.